The predicted molar refractivity (Wildman–Crippen MR) is 84.4 cm³/mol. The van der Waals surface area contributed by atoms with E-state index < -0.39 is 10.2 Å². The second-order valence-corrected chi connectivity index (χ2v) is 7.12. The maximum absolute atomic E-state index is 12.4. The van der Waals surface area contributed by atoms with Crippen LogP contribution in [-0.4, -0.2) is 37.0 Å². The van der Waals surface area contributed by atoms with E-state index in [1.807, 2.05) is 12.1 Å². The summed E-state index contributed by atoms with van der Waals surface area (Å²) in [5, 5.41) is 9.35. The molecule has 0 bridgehead atoms. The molecule has 1 fully saturated rings. The van der Waals surface area contributed by atoms with E-state index in [1.165, 1.54) is 9.87 Å². The summed E-state index contributed by atoms with van der Waals surface area (Å²) in [5.41, 5.74) is 1.77. The second kappa shape index (κ2) is 7.24. The Morgan fingerprint density at radius 2 is 2.00 bits per heavy atom. The molecule has 5 nitrogen and oxygen atoms in total. The first-order valence-corrected chi connectivity index (χ1v) is 9.00. The minimum atomic E-state index is -3.60. The highest BCUT2D eigenvalue weighted by Gasteiger charge is 2.31. The highest BCUT2D eigenvalue weighted by molar-refractivity contribution is 7.90. The van der Waals surface area contributed by atoms with Crippen molar-refractivity contribution < 1.29 is 13.5 Å². The molecule has 21 heavy (non-hydrogen) atoms. The molecule has 0 aliphatic carbocycles. The topological polar surface area (TPSA) is 69.6 Å². The molecule has 2 rings (SSSR count). The smallest absolute Gasteiger partial charge is 0.301 e. The number of benzene rings is 1. The third-order valence-corrected chi connectivity index (χ3v) is 5.42. The summed E-state index contributed by atoms with van der Waals surface area (Å²) in [6.07, 6.45) is 4.57. The van der Waals surface area contributed by atoms with Gasteiger partial charge >= 0.3 is 10.2 Å². The molecule has 0 aromatic heterocycles. The number of hydrogen-bond donors (Lipinski definition) is 2. The van der Waals surface area contributed by atoms with E-state index in [-0.39, 0.29) is 12.6 Å². The van der Waals surface area contributed by atoms with Gasteiger partial charge in [0.15, 0.2) is 0 Å². The Morgan fingerprint density at radius 1 is 1.29 bits per heavy atom. The van der Waals surface area contributed by atoms with Gasteiger partial charge in [-0.1, -0.05) is 31.9 Å². The Morgan fingerprint density at radius 3 is 2.62 bits per heavy atom. The van der Waals surface area contributed by atoms with Gasteiger partial charge in [-0.2, -0.15) is 12.7 Å². The fourth-order valence-corrected chi connectivity index (χ4v) is 4.19. The van der Waals surface area contributed by atoms with Gasteiger partial charge in [-0.3, -0.25) is 4.72 Å². The van der Waals surface area contributed by atoms with Crippen LogP contribution in [0.2, 0.25) is 0 Å². The summed E-state index contributed by atoms with van der Waals surface area (Å²) < 4.78 is 28.9. The number of nitrogens with zero attached hydrogens (tertiary/aromatic N) is 1. The molecule has 6 heteroatoms. The van der Waals surface area contributed by atoms with E-state index in [4.69, 9.17) is 0 Å². The van der Waals surface area contributed by atoms with Crippen LogP contribution in [0.3, 0.4) is 0 Å². The van der Waals surface area contributed by atoms with Crippen molar-refractivity contribution in [3.05, 3.63) is 29.8 Å². The minimum absolute atomic E-state index is 0.129. The van der Waals surface area contributed by atoms with E-state index in [2.05, 4.69) is 11.6 Å². The van der Waals surface area contributed by atoms with Gasteiger partial charge in [0, 0.05) is 18.3 Å². The zero-order valence-electron chi connectivity index (χ0n) is 12.5. The monoisotopic (exact) mass is 312 g/mol. The van der Waals surface area contributed by atoms with Crippen LogP contribution in [0, 0.1) is 0 Å². The van der Waals surface area contributed by atoms with E-state index in [0.717, 1.165) is 25.7 Å². The first kappa shape index (κ1) is 16.3. The van der Waals surface area contributed by atoms with E-state index in [9.17, 15) is 13.5 Å². The fraction of sp³-hybridized carbons (Fsp3) is 0.600. The highest BCUT2D eigenvalue weighted by Crippen LogP contribution is 2.22. The molecule has 1 aliphatic heterocycles. The normalized spacial score (nSPS) is 20.4. The minimum Gasteiger partial charge on any atom is -0.395 e. The van der Waals surface area contributed by atoms with Crippen molar-refractivity contribution in [3.63, 3.8) is 0 Å². The molecule has 0 amide bonds. The Bertz CT molecular complexity index is 543. The molecule has 1 unspecified atom stereocenters. The van der Waals surface area contributed by atoms with Crippen molar-refractivity contribution in [1.29, 1.82) is 0 Å². The first-order chi connectivity index (χ1) is 10.1. The van der Waals surface area contributed by atoms with Gasteiger partial charge < -0.3 is 5.11 Å². The molecule has 1 aliphatic rings. The Kier molecular flexibility index (Phi) is 5.61. The molecular formula is C15H24N2O3S. The summed E-state index contributed by atoms with van der Waals surface area (Å²) in [5.74, 6) is 0. The van der Waals surface area contributed by atoms with Gasteiger partial charge in [-0.25, -0.2) is 0 Å². The summed E-state index contributed by atoms with van der Waals surface area (Å²) in [7, 11) is -3.60. The van der Waals surface area contributed by atoms with Gasteiger partial charge in [-0.15, -0.1) is 0 Å². The number of piperidine rings is 1. The van der Waals surface area contributed by atoms with Crippen molar-refractivity contribution in [1.82, 2.24) is 4.31 Å². The maximum Gasteiger partial charge on any atom is 0.301 e. The van der Waals surface area contributed by atoms with Crippen LogP contribution < -0.4 is 4.72 Å². The van der Waals surface area contributed by atoms with Crippen molar-refractivity contribution in [2.75, 3.05) is 17.9 Å². The third kappa shape index (κ3) is 4.18. The molecule has 0 saturated carbocycles. The fourth-order valence-electron chi connectivity index (χ4n) is 2.71. The number of anilines is 1. The van der Waals surface area contributed by atoms with Gasteiger partial charge in [0.05, 0.1) is 6.61 Å². The van der Waals surface area contributed by atoms with Crippen molar-refractivity contribution >= 4 is 15.9 Å². The summed E-state index contributed by atoms with van der Waals surface area (Å²) >= 11 is 0. The standard InChI is InChI=1S/C15H24N2O3S/c1-2-5-13-7-9-14(10-8-13)16-21(19,20)17-11-4-3-6-15(17)12-18/h7-10,15-16,18H,2-6,11-12H2,1H3. The summed E-state index contributed by atoms with van der Waals surface area (Å²) in [4.78, 5) is 0. The molecule has 1 atom stereocenters. The maximum atomic E-state index is 12.4. The molecule has 1 saturated heterocycles. The number of aliphatic hydroxyl groups excluding tert-OH is 1. The lowest BCUT2D eigenvalue weighted by atomic mass is 10.1. The van der Waals surface area contributed by atoms with Crippen LogP contribution in [0.15, 0.2) is 24.3 Å². The van der Waals surface area contributed by atoms with Crippen LogP contribution in [0.25, 0.3) is 0 Å². The van der Waals surface area contributed by atoms with E-state index in [1.54, 1.807) is 12.1 Å². The molecule has 0 spiro atoms. The van der Waals surface area contributed by atoms with E-state index in [0.29, 0.717) is 18.7 Å². The zero-order chi connectivity index (χ0) is 15.3. The average Bonchev–Trinajstić information content (AvgIpc) is 2.49. The van der Waals surface area contributed by atoms with Crippen molar-refractivity contribution in [2.45, 2.75) is 45.1 Å². The van der Waals surface area contributed by atoms with Crippen LogP contribution in [0.5, 0.6) is 0 Å². The summed E-state index contributed by atoms with van der Waals surface area (Å²) in [6.45, 7) is 2.45. The van der Waals surface area contributed by atoms with Gasteiger partial charge in [0.25, 0.3) is 0 Å². The van der Waals surface area contributed by atoms with Crippen LogP contribution in [0.1, 0.15) is 38.2 Å². The van der Waals surface area contributed by atoms with Crippen LogP contribution in [0.4, 0.5) is 5.69 Å². The number of aliphatic hydroxyl groups is 1. The molecule has 0 radical (unpaired) electrons. The van der Waals surface area contributed by atoms with Crippen LogP contribution in [-0.2, 0) is 16.6 Å². The van der Waals surface area contributed by atoms with Crippen molar-refractivity contribution in [3.8, 4) is 0 Å². The second-order valence-electron chi connectivity index (χ2n) is 5.50. The lowest BCUT2D eigenvalue weighted by Crippen LogP contribution is -2.47. The van der Waals surface area contributed by atoms with Gasteiger partial charge in [0.1, 0.15) is 0 Å². The third-order valence-electron chi connectivity index (χ3n) is 3.83. The average molecular weight is 312 g/mol. The highest BCUT2D eigenvalue weighted by atomic mass is 32.2. The molecular weight excluding hydrogens is 288 g/mol. The number of rotatable bonds is 6. The number of nitrogens with one attached hydrogen (secondary N) is 1. The Balaban J connectivity index is 2.09. The number of hydrogen-bond acceptors (Lipinski definition) is 3. The lowest BCUT2D eigenvalue weighted by molar-refractivity contribution is 0.156. The predicted octanol–water partition coefficient (Wildman–Crippen LogP) is 2.14. The quantitative estimate of drug-likeness (QED) is 0.845. The van der Waals surface area contributed by atoms with E-state index >= 15 is 0 Å². The Hall–Kier alpha value is -1.11. The summed E-state index contributed by atoms with van der Waals surface area (Å²) in [6, 6.07) is 7.17. The molecule has 2 N–H and O–H groups in total. The Labute approximate surface area is 127 Å². The van der Waals surface area contributed by atoms with Gasteiger partial charge in [-0.05, 0) is 37.0 Å². The lowest BCUT2D eigenvalue weighted by Gasteiger charge is -2.33. The first-order valence-electron chi connectivity index (χ1n) is 7.56. The largest absolute Gasteiger partial charge is 0.395 e. The number of aryl methyl sites for hydroxylation is 1. The van der Waals surface area contributed by atoms with Crippen LogP contribution >= 0.6 is 0 Å². The molecule has 118 valence electrons. The molecule has 1 aromatic rings. The molecule has 1 aromatic carbocycles. The zero-order valence-corrected chi connectivity index (χ0v) is 13.3. The van der Waals surface area contributed by atoms with Crippen molar-refractivity contribution in [2.24, 2.45) is 0 Å². The SMILES string of the molecule is CCCc1ccc(NS(=O)(=O)N2CCCCC2CO)cc1. The van der Waals surface area contributed by atoms with Gasteiger partial charge in [0.2, 0.25) is 0 Å². The molecule has 1 heterocycles.